The van der Waals surface area contributed by atoms with Gasteiger partial charge in [-0.2, -0.15) is 0 Å². The molecule has 0 saturated carbocycles. The number of carbonyl (C=O) groups is 1. The van der Waals surface area contributed by atoms with Crippen LogP contribution in [0.3, 0.4) is 0 Å². The summed E-state index contributed by atoms with van der Waals surface area (Å²) in [5.41, 5.74) is 0. The highest BCUT2D eigenvalue weighted by Crippen LogP contribution is 1.95. The van der Waals surface area contributed by atoms with Gasteiger partial charge in [-0.25, -0.2) is 0 Å². The maximum Gasteiger partial charge on any atom is 0.236 e. The van der Waals surface area contributed by atoms with Crippen LogP contribution in [0.15, 0.2) is 0 Å². The zero-order valence-corrected chi connectivity index (χ0v) is 11.7. The van der Waals surface area contributed by atoms with Gasteiger partial charge in [0.25, 0.3) is 0 Å². The van der Waals surface area contributed by atoms with E-state index in [1.807, 2.05) is 21.0 Å². The lowest BCUT2D eigenvalue weighted by Gasteiger charge is -2.21. The minimum absolute atomic E-state index is 0.0266. The van der Waals surface area contributed by atoms with Gasteiger partial charge >= 0.3 is 0 Å². The molecule has 5 heteroatoms. The Morgan fingerprint density at radius 3 is 2.53 bits per heavy atom. The van der Waals surface area contributed by atoms with Crippen LogP contribution in [0.1, 0.15) is 20.3 Å². The van der Waals surface area contributed by atoms with Crippen LogP contribution in [0, 0.1) is 0 Å². The zero-order valence-electron chi connectivity index (χ0n) is 11.7. The van der Waals surface area contributed by atoms with Crippen LogP contribution in [0.5, 0.6) is 0 Å². The van der Waals surface area contributed by atoms with Crippen LogP contribution in [-0.4, -0.2) is 63.8 Å². The van der Waals surface area contributed by atoms with Crippen LogP contribution in [0.2, 0.25) is 0 Å². The van der Waals surface area contributed by atoms with Crippen molar-refractivity contribution in [3.8, 4) is 0 Å². The third-order valence-electron chi connectivity index (χ3n) is 2.54. The summed E-state index contributed by atoms with van der Waals surface area (Å²) >= 11 is 0. The van der Waals surface area contributed by atoms with Gasteiger partial charge in [-0.1, -0.05) is 0 Å². The fourth-order valence-corrected chi connectivity index (χ4v) is 1.47. The van der Waals surface area contributed by atoms with Crippen molar-refractivity contribution in [3.63, 3.8) is 0 Å². The molecule has 0 aliphatic carbocycles. The second-order valence-electron chi connectivity index (χ2n) is 4.67. The van der Waals surface area contributed by atoms with Crippen molar-refractivity contribution in [2.24, 2.45) is 0 Å². The van der Waals surface area contributed by atoms with E-state index in [9.17, 15) is 4.79 Å². The number of hydrogen-bond acceptors (Lipinski definition) is 4. The topological polar surface area (TPSA) is 53.6 Å². The molecule has 0 radical (unpaired) electrons. The van der Waals surface area contributed by atoms with Gasteiger partial charge in [-0.15, -0.1) is 0 Å². The van der Waals surface area contributed by atoms with E-state index in [2.05, 4.69) is 22.5 Å². The van der Waals surface area contributed by atoms with Gasteiger partial charge in [0.2, 0.25) is 5.91 Å². The van der Waals surface area contributed by atoms with Gasteiger partial charge in [-0.3, -0.25) is 4.79 Å². The Balaban J connectivity index is 3.74. The molecule has 0 aromatic rings. The SMILES string of the molecule is COCCNC(=O)C(C)NC(C)CCN(C)C. The number of rotatable bonds is 9. The van der Waals surface area contributed by atoms with E-state index in [1.165, 1.54) is 0 Å². The third kappa shape index (κ3) is 9.09. The Kier molecular flexibility index (Phi) is 9.03. The van der Waals surface area contributed by atoms with Crippen molar-refractivity contribution in [3.05, 3.63) is 0 Å². The van der Waals surface area contributed by atoms with Gasteiger partial charge in [-0.05, 0) is 40.9 Å². The van der Waals surface area contributed by atoms with Gasteiger partial charge in [0.15, 0.2) is 0 Å². The molecule has 2 unspecified atom stereocenters. The van der Waals surface area contributed by atoms with E-state index in [0.717, 1.165) is 13.0 Å². The van der Waals surface area contributed by atoms with Gasteiger partial charge in [0.05, 0.1) is 12.6 Å². The predicted molar refractivity (Wildman–Crippen MR) is 70.1 cm³/mol. The lowest BCUT2D eigenvalue weighted by Crippen LogP contribution is -2.46. The molecule has 0 aromatic carbocycles. The molecule has 0 heterocycles. The molecule has 0 aliphatic rings. The standard InChI is InChI=1S/C12H27N3O2/c1-10(6-8-15(3)4)14-11(2)12(16)13-7-9-17-5/h10-11,14H,6-9H2,1-5H3,(H,13,16). The van der Waals surface area contributed by atoms with E-state index in [4.69, 9.17) is 4.74 Å². The van der Waals surface area contributed by atoms with Crippen molar-refractivity contribution in [2.45, 2.75) is 32.4 Å². The molecular weight excluding hydrogens is 218 g/mol. The van der Waals surface area contributed by atoms with Gasteiger partial charge in [0.1, 0.15) is 0 Å². The molecule has 0 saturated heterocycles. The number of nitrogens with one attached hydrogen (secondary N) is 2. The Morgan fingerprint density at radius 2 is 2.00 bits per heavy atom. The Labute approximate surface area is 105 Å². The molecular formula is C12H27N3O2. The summed E-state index contributed by atoms with van der Waals surface area (Å²) in [7, 11) is 5.72. The molecule has 0 fully saturated rings. The smallest absolute Gasteiger partial charge is 0.236 e. The second-order valence-corrected chi connectivity index (χ2v) is 4.67. The molecule has 0 spiro atoms. The Bertz CT molecular complexity index is 210. The first kappa shape index (κ1) is 16.4. The maximum atomic E-state index is 11.7. The van der Waals surface area contributed by atoms with E-state index in [0.29, 0.717) is 19.2 Å². The Morgan fingerprint density at radius 1 is 1.35 bits per heavy atom. The number of ether oxygens (including phenoxy) is 1. The largest absolute Gasteiger partial charge is 0.383 e. The molecule has 0 bridgehead atoms. The molecule has 1 amide bonds. The first-order valence-corrected chi connectivity index (χ1v) is 6.14. The first-order valence-electron chi connectivity index (χ1n) is 6.14. The summed E-state index contributed by atoms with van der Waals surface area (Å²) in [6, 6.07) is 0.171. The normalized spacial score (nSPS) is 14.7. The highest BCUT2D eigenvalue weighted by Gasteiger charge is 2.14. The van der Waals surface area contributed by atoms with E-state index in [-0.39, 0.29) is 11.9 Å². The summed E-state index contributed by atoms with van der Waals surface area (Å²) in [4.78, 5) is 13.8. The maximum absolute atomic E-state index is 11.7. The fourth-order valence-electron chi connectivity index (χ4n) is 1.47. The molecule has 0 aliphatic heterocycles. The second kappa shape index (κ2) is 9.39. The van der Waals surface area contributed by atoms with Gasteiger partial charge in [0, 0.05) is 19.7 Å². The lowest BCUT2D eigenvalue weighted by molar-refractivity contribution is -0.123. The van der Waals surface area contributed by atoms with Crippen molar-refractivity contribution in [1.29, 1.82) is 0 Å². The number of amides is 1. The monoisotopic (exact) mass is 245 g/mol. The molecule has 2 atom stereocenters. The van der Waals surface area contributed by atoms with Crippen LogP contribution in [-0.2, 0) is 9.53 Å². The lowest BCUT2D eigenvalue weighted by atomic mass is 10.2. The van der Waals surface area contributed by atoms with Gasteiger partial charge < -0.3 is 20.3 Å². The number of methoxy groups -OCH3 is 1. The average molecular weight is 245 g/mol. The summed E-state index contributed by atoms with van der Waals surface area (Å²) < 4.78 is 4.88. The van der Waals surface area contributed by atoms with Crippen LogP contribution < -0.4 is 10.6 Å². The summed E-state index contributed by atoms with van der Waals surface area (Å²) in [5, 5.41) is 6.10. The molecule has 0 rings (SSSR count). The summed E-state index contributed by atoms with van der Waals surface area (Å²) in [5.74, 6) is 0.0266. The number of hydrogen-bond donors (Lipinski definition) is 2. The zero-order chi connectivity index (χ0) is 13.3. The summed E-state index contributed by atoms with van der Waals surface area (Å²) in [6.07, 6.45) is 1.03. The Hall–Kier alpha value is -0.650. The van der Waals surface area contributed by atoms with Crippen LogP contribution in [0.25, 0.3) is 0 Å². The first-order chi connectivity index (χ1) is 7.97. The third-order valence-corrected chi connectivity index (χ3v) is 2.54. The number of carbonyl (C=O) groups excluding carboxylic acids is 1. The quantitative estimate of drug-likeness (QED) is 0.564. The molecule has 0 aromatic heterocycles. The van der Waals surface area contributed by atoms with E-state index >= 15 is 0 Å². The molecule has 5 nitrogen and oxygen atoms in total. The molecule has 102 valence electrons. The van der Waals surface area contributed by atoms with E-state index in [1.54, 1.807) is 7.11 Å². The van der Waals surface area contributed by atoms with Crippen LogP contribution in [0.4, 0.5) is 0 Å². The van der Waals surface area contributed by atoms with Crippen LogP contribution >= 0.6 is 0 Å². The highest BCUT2D eigenvalue weighted by molar-refractivity contribution is 5.81. The molecule has 2 N–H and O–H groups in total. The van der Waals surface area contributed by atoms with Crippen molar-refractivity contribution >= 4 is 5.91 Å². The van der Waals surface area contributed by atoms with Crippen molar-refractivity contribution < 1.29 is 9.53 Å². The molecule has 17 heavy (non-hydrogen) atoms. The van der Waals surface area contributed by atoms with E-state index < -0.39 is 0 Å². The summed E-state index contributed by atoms with van der Waals surface area (Å²) in [6.45, 7) is 6.12. The number of nitrogens with zero attached hydrogens (tertiary/aromatic N) is 1. The minimum Gasteiger partial charge on any atom is -0.383 e. The highest BCUT2D eigenvalue weighted by atomic mass is 16.5. The average Bonchev–Trinajstić information content (AvgIpc) is 2.26. The van der Waals surface area contributed by atoms with Crippen molar-refractivity contribution in [2.75, 3.05) is 40.9 Å². The van der Waals surface area contributed by atoms with Crippen molar-refractivity contribution in [1.82, 2.24) is 15.5 Å². The fraction of sp³-hybridized carbons (Fsp3) is 0.917. The minimum atomic E-state index is -0.163. The predicted octanol–water partition coefficient (Wildman–Crippen LogP) is 0.0673.